The summed E-state index contributed by atoms with van der Waals surface area (Å²) >= 11 is 0. The summed E-state index contributed by atoms with van der Waals surface area (Å²) in [4.78, 5) is 0. The normalized spacial score (nSPS) is 45.4. The van der Waals surface area contributed by atoms with E-state index in [0.29, 0.717) is 0 Å². The van der Waals surface area contributed by atoms with Gasteiger partial charge in [-0.05, 0) is 85.2 Å². The van der Waals surface area contributed by atoms with Crippen molar-refractivity contribution in [2.45, 2.75) is 63.2 Å². The molecule has 4 bridgehead atoms. The van der Waals surface area contributed by atoms with Gasteiger partial charge < -0.3 is 0 Å². The van der Waals surface area contributed by atoms with Crippen LogP contribution >= 0.6 is 0 Å². The Kier molecular flexibility index (Phi) is 2.58. The molecule has 1 aromatic rings. The molecule has 106 valence electrons. The van der Waals surface area contributed by atoms with Crippen LogP contribution in [0, 0.1) is 23.7 Å². The maximum atomic E-state index is 2.49. The molecule has 1 aromatic carbocycles. The predicted octanol–water partition coefficient (Wildman–Crippen LogP) is 5.49. The first kappa shape index (κ1) is 11.8. The molecule has 4 aliphatic rings. The van der Waals surface area contributed by atoms with Crippen molar-refractivity contribution in [2.75, 3.05) is 0 Å². The van der Waals surface area contributed by atoms with Crippen LogP contribution in [0.25, 0.3) is 0 Å². The Morgan fingerprint density at radius 2 is 1.00 bits per heavy atom. The van der Waals surface area contributed by atoms with E-state index in [0.717, 1.165) is 35.5 Å². The first-order chi connectivity index (χ1) is 9.87. The molecule has 6 atom stereocenters. The highest BCUT2D eigenvalue weighted by Crippen LogP contribution is 2.54. The van der Waals surface area contributed by atoms with Gasteiger partial charge in [0.05, 0.1) is 0 Å². The minimum Gasteiger partial charge on any atom is -0.0585 e. The maximum Gasteiger partial charge on any atom is -0.0131 e. The van der Waals surface area contributed by atoms with Crippen LogP contribution < -0.4 is 0 Å². The van der Waals surface area contributed by atoms with Gasteiger partial charge in [0.15, 0.2) is 0 Å². The molecule has 4 fully saturated rings. The van der Waals surface area contributed by atoms with Crippen LogP contribution in [0.15, 0.2) is 24.3 Å². The molecular formula is C20H26. The molecule has 0 heterocycles. The Balaban J connectivity index is 1.36. The second-order valence-corrected chi connectivity index (χ2v) is 8.23. The summed E-state index contributed by atoms with van der Waals surface area (Å²) in [6, 6.07) is 9.97. The largest absolute Gasteiger partial charge is 0.0585 e. The molecular weight excluding hydrogens is 240 g/mol. The number of fused-ring (bicyclic) bond motifs is 4. The lowest BCUT2D eigenvalue weighted by molar-refractivity contribution is 0.415. The van der Waals surface area contributed by atoms with Gasteiger partial charge >= 0.3 is 0 Å². The minimum atomic E-state index is 0.905. The topological polar surface area (TPSA) is 0 Å². The van der Waals surface area contributed by atoms with Gasteiger partial charge in [0, 0.05) is 0 Å². The van der Waals surface area contributed by atoms with Crippen molar-refractivity contribution in [1.82, 2.24) is 0 Å². The van der Waals surface area contributed by atoms with Crippen LogP contribution in [0.2, 0.25) is 0 Å². The third-order valence-electron chi connectivity index (χ3n) is 7.27. The summed E-state index contributed by atoms with van der Waals surface area (Å²) < 4.78 is 0. The standard InChI is InChI=1S/C20H26/c1-3-17-9-13(1)11-19(17)15-5-7-16(8-6-15)20-12-14-2-4-18(20)10-14/h5-8,13-14,17-20H,1-4,9-12H2. The average molecular weight is 266 g/mol. The lowest BCUT2D eigenvalue weighted by Crippen LogP contribution is -2.10. The van der Waals surface area contributed by atoms with Crippen LogP contribution in [0.4, 0.5) is 0 Å². The number of hydrogen-bond donors (Lipinski definition) is 0. The number of rotatable bonds is 2. The van der Waals surface area contributed by atoms with Gasteiger partial charge in [-0.25, -0.2) is 0 Å². The van der Waals surface area contributed by atoms with Gasteiger partial charge in [0.25, 0.3) is 0 Å². The molecule has 6 unspecified atom stereocenters. The minimum absolute atomic E-state index is 0.905. The summed E-state index contributed by atoms with van der Waals surface area (Å²) in [5.74, 6) is 5.98. The molecule has 0 amide bonds. The third-order valence-corrected chi connectivity index (χ3v) is 7.27. The highest BCUT2D eigenvalue weighted by Gasteiger charge is 2.41. The van der Waals surface area contributed by atoms with E-state index in [9.17, 15) is 0 Å². The zero-order valence-corrected chi connectivity index (χ0v) is 12.4. The van der Waals surface area contributed by atoms with Crippen molar-refractivity contribution in [3.8, 4) is 0 Å². The lowest BCUT2D eigenvalue weighted by Gasteiger charge is -2.25. The van der Waals surface area contributed by atoms with Crippen LogP contribution in [-0.4, -0.2) is 0 Å². The molecule has 20 heavy (non-hydrogen) atoms. The van der Waals surface area contributed by atoms with E-state index in [1.807, 2.05) is 0 Å². The van der Waals surface area contributed by atoms with Crippen molar-refractivity contribution in [3.63, 3.8) is 0 Å². The van der Waals surface area contributed by atoms with E-state index in [4.69, 9.17) is 0 Å². The van der Waals surface area contributed by atoms with Crippen LogP contribution in [0.3, 0.4) is 0 Å². The van der Waals surface area contributed by atoms with E-state index in [1.54, 1.807) is 11.1 Å². The third kappa shape index (κ3) is 1.73. The summed E-state index contributed by atoms with van der Waals surface area (Å²) in [6.07, 6.45) is 12.1. The summed E-state index contributed by atoms with van der Waals surface area (Å²) in [5.41, 5.74) is 3.31. The monoisotopic (exact) mass is 266 g/mol. The van der Waals surface area contributed by atoms with Crippen molar-refractivity contribution >= 4 is 0 Å². The molecule has 0 spiro atoms. The average Bonchev–Trinajstić information content (AvgIpc) is 3.27. The predicted molar refractivity (Wildman–Crippen MR) is 82.8 cm³/mol. The van der Waals surface area contributed by atoms with E-state index < -0.39 is 0 Å². The molecule has 0 N–H and O–H groups in total. The molecule has 5 rings (SSSR count). The smallest absolute Gasteiger partial charge is 0.0131 e. The zero-order valence-electron chi connectivity index (χ0n) is 12.4. The Labute approximate surface area is 123 Å². The summed E-state index contributed by atoms with van der Waals surface area (Å²) in [7, 11) is 0. The van der Waals surface area contributed by atoms with Crippen LogP contribution in [0.5, 0.6) is 0 Å². The van der Waals surface area contributed by atoms with E-state index in [2.05, 4.69) is 24.3 Å². The van der Waals surface area contributed by atoms with E-state index >= 15 is 0 Å². The number of benzene rings is 1. The van der Waals surface area contributed by atoms with Gasteiger partial charge in [-0.3, -0.25) is 0 Å². The van der Waals surface area contributed by atoms with Crippen molar-refractivity contribution in [1.29, 1.82) is 0 Å². The van der Waals surface area contributed by atoms with E-state index in [-0.39, 0.29) is 0 Å². The lowest BCUT2D eigenvalue weighted by atomic mass is 9.80. The molecule has 4 saturated carbocycles. The zero-order chi connectivity index (χ0) is 13.1. The van der Waals surface area contributed by atoms with Gasteiger partial charge in [-0.2, -0.15) is 0 Å². The second-order valence-electron chi connectivity index (χ2n) is 8.23. The van der Waals surface area contributed by atoms with E-state index in [1.165, 1.54) is 51.4 Å². The Hall–Kier alpha value is -0.780. The fourth-order valence-corrected chi connectivity index (χ4v) is 6.30. The Bertz CT molecular complexity index is 452. The molecule has 0 heteroatoms. The first-order valence-electron chi connectivity index (χ1n) is 8.96. The van der Waals surface area contributed by atoms with Crippen LogP contribution in [-0.2, 0) is 0 Å². The molecule has 0 aliphatic heterocycles. The fraction of sp³-hybridized carbons (Fsp3) is 0.700. The highest BCUT2D eigenvalue weighted by atomic mass is 14.5. The molecule has 0 aromatic heterocycles. The second kappa shape index (κ2) is 4.36. The van der Waals surface area contributed by atoms with Gasteiger partial charge in [-0.1, -0.05) is 37.1 Å². The summed E-state index contributed by atoms with van der Waals surface area (Å²) in [5, 5.41) is 0. The van der Waals surface area contributed by atoms with Crippen LogP contribution in [0.1, 0.15) is 74.3 Å². The number of hydrogen-bond acceptors (Lipinski definition) is 0. The molecule has 0 saturated heterocycles. The Morgan fingerprint density at radius 3 is 1.30 bits per heavy atom. The highest BCUT2D eigenvalue weighted by molar-refractivity contribution is 5.31. The Morgan fingerprint density at radius 1 is 0.550 bits per heavy atom. The SMILES string of the molecule is c1cc(C2CC3CCC2C3)ccc1C1CC2CCC1C2. The van der Waals surface area contributed by atoms with Gasteiger partial charge in [-0.15, -0.1) is 0 Å². The fourth-order valence-electron chi connectivity index (χ4n) is 6.30. The quantitative estimate of drug-likeness (QED) is 0.663. The maximum absolute atomic E-state index is 2.49. The molecule has 4 aliphatic carbocycles. The van der Waals surface area contributed by atoms with Gasteiger partial charge in [0.1, 0.15) is 0 Å². The van der Waals surface area contributed by atoms with Gasteiger partial charge in [0.2, 0.25) is 0 Å². The van der Waals surface area contributed by atoms with Crippen molar-refractivity contribution in [3.05, 3.63) is 35.4 Å². The summed E-state index contributed by atoms with van der Waals surface area (Å²) in [6.45, 7) is 0. The van der Waals surface area contributed by atoms with Crippen molar-refractivity contribution in [2.24, 2.45) is 23.7 Å². The van der Waals surface area contributed by atoms with Crippen molar-refractivity contribution < 1.29 is 0 Å². The molecule has 0 nitrogen and oxygen atoms in total. The molecule has 0 radical (unpaired) electrons. The first-order valence-corrected chi connectivity index (χ1v) is 8.96.